The standard InChI is InChI=1S/C17H24N2S/c1-12(2)18-15(13-9-7-6-8-10-13)16-19-14(11-20-16)17(3,4)5/h6-12,15,18H,1-5H3. The van der Waals surface area contributed by atoms with E-state index in [1.54, 1.807) is 11.3 Å². The predicted molar refractivity (Wildman–Crippen MR) is 87.4 cm³/mol. The van der Waals surface area contributed by atoms with Crippen molar-refractivity contribution in [2.24, 2.45) is 0 Å². The lowest BCUT2D eigenvalue weighted by Gasteiger charge is -2.20. The first-order chi connectivity index (χ1) is 9.38. The lowest BCUT2D eigenvalue weighted by molar-refractivity contribution is 0.519. The Hall–Kier alpha value is -1.19. The molecule has 1 N–H and O–H groups in total. The highest BCUT2D eigenvalue weighted by molar-refractivity contribution is 7.09. The van der Waals surface area contributed by atoms with Crippen LogP contribution in [0.4, 0.5) is 0 Å². The third kappa shape index (κ3) is 3.68. The molecule has 0 saturated carbocycles. The Morgan fingerprint density at radius 3 is 2.25 bits per heavy atom. The fraction of sp³-hybridized carbons (Fsp3) is 0.471. The average Bonchev–Trinajstić information content (AvgIpc) is 2.86. The van der Waals surface area contributed by atoms with Crippen LogP contribution in [-0.2, 0) is 5.41 Å². The Labute approximate surface area is 126 Å². The van der Waals surface area contributed by atoms with Gasteiger partial charge in [-0.3, -0.25) is 0 Å². The van der Waals surface area contributed by atoms with Crippen LogP contribution in [0.5, 0.6) is 0 Å². The zero-order chi connectivity index (χ0) is 14.8. The van der Waals surface area contributed by atoms with Crippen LogP contribution in [0.3, 0.4) is 0 Å². The Morgan fingerprint density at radius 2 is 1.75 bits per heavy atom. The minimum Gasteiger partial charge on any atom is -0.302 e. The minimum atomic E-state index is 0.105. The van der Waals surface area contributed by atoms with Crippen LogP contribution in [0.25, 0.3) is 0 Å². The fourth-order valence-electron chi connectivity index (χ4n) is 2.05. The molecule has 0 aliphatic heterocycles. The van der Waals surface area contributed by atoms with E-state index in [1.807, 2.05) is 0 Å². The van der Waals surface area contributed by atoms with Crippen molar-refractivity contribution >= 4 is 11.3 Å². The molecular formula is C17H24N2S. The number of thiazole rings is 1. The molecule has 3 heteroatoms. The van der Waals surface area contributed by atoms with Crippen LogP contribution in [0.2, 0.25) is 0 Å². The van der Waals surface area contributed by atoms with Gasteiger partial charge in [0.05, 0.1) is 11.7 Å². The molecule has 0 amide bonds. The average molecular weight is 288 g/mol. The van der Waals surface area contributed by atoms with Gasteiger partial charge >= 0.3 is 0 Å². The van der Waals surface area contributed by atoms with Crippen molar-refractivity contribution in [3.8, 4) is 0 Å². The summed E-state index contributed by atoms with van der Waals surface area (Å²) in [5.41, 5.74) is 2.55. The van der Waals surface area contributed by atoms with Gasteiger partial charge in [-0.25, -0.2) is 4.98 Å². The second kappa shape index (κ2) is 6.06. The quantitative estimate of drug-likeness (QED) is 0.894. The van der Waals surface area contributed by atoms with Crippen molar-refractivity contribution in [2.45, 2.75) is 52.1 Å². The van der Waals surface area contributed by atoms with Gasteiger partial charge in [-0.05, 0) is 19.4 Å². The van der Waals surface area contributed by atoms with Crippen molar-refractivity contribution in [3.63, 3.8) is 0 Å². The van der Waals surface area contributed by atoms with Gasteiger partial charge in [-0.15, -0.1) is 11.3 Å². The van der Waals surface area contributed by atoms with E-state index in [0.717, 1.165) is 5.01 Å². The molecule has 2 rings (SSSR count). The van der Waals surface area contributed by atoms with Crippen LogP contribution in [-0.4, -0.2) is 11.0 Å². The number of rotatable bonds is 4. The van der Waals surface area contributed by atoms with Gasteiger partial charge in [0.2, 0.25) is 0 Å². The Kier molecular flexibility index (Phi) is 4.61. The van der Waals surface area contributed by atoms with Gasteiger partial charge in [0.15, 0.2) is 0 Å². The monoisotopic (exact) mass is 288 g/mol. The maximum absolute atomic E-state index is 4.87. The number of benzene rings is 1. The van der Waals surface area contributed by atoms with E-state index in [0.29, 0.717) is 6.04 Å². The predicted octanol–water partition coefficient (Wildman–Crippen LogP) is 4.53. The van der Waals surface area contributed by atoms with E-state index in [2.05, 4.69) is 75.6 Å². The Morgan fingerprint density at radius 1 is 1.10 bits per heavy atom. The molecule has 0 aliphatic rings. The summed E-state index contributed by atoms with van der Waals surface area (Å²) in [5, 5.41) is 6.96. The molecule has 0 fully saturated rings. The largest absolute Gasteiger partial charge is 0.302 e. The van der Waals surface area contributed by atoms with E-state index in [4.69, 9.17) is 4.98 Å². The van der Waals surface area contributed by atoms with E-state index < -0.39 is 0 Å². The second-order valence-corrected chi connectivity index (χ2v) is 7.38. The molecule has 2 aromatic rings. The number of nitrogens with one attached hydrogen (secondary N) is 1. The number of hydrogen-bond donors (Lipinski definition) is 1. The van der Waals surface area contributed by atoms with Crippen molar-refractivity contribution in [3.05, 3.63) is 52.0 Å². The molecule has 20 heavy (non-hydrogen) atoms. The topological polar surface area (TPSA) is 24.9 Å². The highest BCUT2D eigenvalue weighted by atomic mass is 32.1. The van der Waals surface area contributed by atoms with Gasteiger partial charge in [-0.2, -0.15) is 0 Å². The second-order valence-electron chi connectivity index (χ2n) is 6.49. The zero-order valence-corrected chi connectivity index (χ0v) is 13.8. The first-order valence-electron chi connectivity index (χ1n) is 7.15. The van der Waals surface area contributed by atoms with Gasteiger partial charge in [-0.1, -0.05) is 51.1 Å². The molecule has 0 aliphatic carbocycles. The van der Waals surface area contributed by atoms with Gasteiger partial charge in [0.1, 0.15) is 5.01 Å². The maximum atomic E-state index is 4.87. The summed E-state index contributed by atoms with van der Waals surface area (Å²) < 4.78 is 0. The van der Waals surface area contributed by atoms with E-state index >= 15 is 0 Å². The van der Waals surface area contributed by atoms with E-state index in [9.17, 15) is 0 Å². The van der Waals surface area contributed by atoms with Crippen molar-refractivity contribution in [1.29, 1.82) is 0 Å². The molecule has 0 spiro atoms. The molecule has 108 valence electrons. The molecule has 0 radical (unpaired) electrons. The van der Waals surface area contributed by atoms with Crippen LogP contribution >= 0.6 is 11.3 Å². The fourth-order valence-corrected chi connectivity index (χ4v) is 3.18. The van der Waals surface area contributed by atoms with E-state index in [-0.39, 0.29) is 11.5 Å². The summed E-state index contributed by atoms with van der Waals surface area (Å²) in [6.07, 6.45) is 0. The summed E-state index contributed by atoms with van der Waals surface area (Å²) in [4.78, 5) is 4.87. The highest BCUT2D eigenvalue weighted by Crippen LogP contribution is 2.30. The van der Waals surface area contributed by atoms with Crippen molar-refractivity contribution in [2.75, 3.05) is 0 Å². The third-order valence-corrected chi connectivity index (χ3v) is 4.08. The summed E-state index contributed by atoms with van der Waals surface area (Å²) >= 11 is 1.75. The van der Waals surface area contributed by atoms with Crippen molar-refractivity contribution < 1.29 is 0 Å². The first-order valence-corrected chi connectivity index (χ1v) is 8.03. The lowest BCUT2D eigenvalue weighted by atomic mass is 9.93. The minimum absolute atomic E-state index is 0.105. The molecule has 1 atom stereocenters. The summed E-state index contributed by atoms with van der Waals surface area (Å²) in [6.45, 7) is 11.0. The maximum Gasteiger partial charge on any atom is 0.114 e. The SMILES string of the molecule is CC(C)NC(c1ccccc1)c1nc(C(C)(C)C)cs1. The summed E-state index contributed by atoms with van der Waals surface area (Å²) in [5.74, 6) is 0. The Bertz CT molecular complexity index is 538. The molecule has 0 bridgehead atoms. The van der Waals surface area contributed by atoms with Crippen LogP contribution < -0.4 is 5.32 Å². The molecule has 1 heterocycles. The van der Waals surface area contributed by atoms with Gasteiger partial charge in [0, 0.05) is 16.8 Å². The summed E-state index contributed by atoms with van der Waals surface area (Å²) in [7, 11) is 0. The number of aromatic nitrogens is 1. The summed E-state index contributed by atoms with van der Waals surface area (Å²) in [6, 6.07) is 11.2. The Balaban J connectivity index is 2.35. The molecule has 2 nitrogen and oxygen atoms in total. The smallest absolute Gasteiger partial charge is 0.114 e. The number of nitrogens with zero attached hydrogens (tertiary/aromatic N) is 1. The highest BCUT2D eigenvalue weighted by Gasteiger charge is 2.22. The van der Waals surface area contributed by atoms with Crippen molar-refractivity contribution in [1.82, 2.24) is 10.3 Å². The molecule has 1 aromatic carbocycles. The lowest BCUT2D eigenvalue weighted by Crippen LogP contribution is -2.29. The number of hydrogen-bond acceptors (Lipinski definition) is 3. The molecule has 0 saturated heterocycles. The molecular weight excluding hydrogens is 264 g/mol. The van der Waals surface area contributed by atoms with Gasteiger partial charge < -0.3 is 5.32 Å². The van der Waals surface area contributed by atoms with Crippen LogP contribution in [0, 0.1) is 0 Å². The third-order valence-electron chi connectivity index (χ3n) is 3.17. The van der Waals surface area contributed by atoms with Crippen LogP contribution in [0.1, 0.15) is 56.9 Å². The normalized spacial score (nSPS) is 13.7. The first kappa shape index (κ1) is 15.2. The zero-order valence-electron chi connectivity index (χ0n) is 13.0. The molecule has 1 aromatic heterocycles. The molecule has 1 unspecified atom stereocenters. The van der Waals surface area contributed by atoms with E-state index in [1.165, 1.54) is 11.3 Å². The van der Waals surface area contributed by atoms with Crippen LogP contribution in [0.15, 0.2) is 35.7 Å². The van der Waals surface area contributed by atoms with Gasteiger partial charge in [0.25, 0.3) is 0 Å².